The summed E-state index contributed by atoms with van der Waals surface area (Å²) < 4.78 is 25.6. The number of rotatable bonds is 5. The number of aromatic nitrogens is 2. The SMILES string of the molecule is Cc1ccc(-n2nc3c(c2NC(=O)C(=O)NCCC(C)C)CS(=O)(=O)C3)c(C)c1. The molecule has 1 aromatic heterocycles. The molecule has 9 heteroatoms. The van der Waals surface area contributed by atoms with E-state index in [1.165, 1.54) is 4.68 Å². The first-order chi connectivity index (χ1) is 13.6. The van der Waals surface area contributed by atoms with Crippen LogP contribution in [0.1, 0.15) is 42.7 Å². The molecule has 2 N–H and O–H groups in total. The Hall–Kier alpha value is -2.68. The average Bonchev–Trinajstić information content (AvgIpc) is 3.07. The first-order valence-corrected chi connectivity index (χ1v) is 11.4. The Bertz CT molecular complexity index is 1070. The summed E-state index contributed by atoms with van der Waals surface area (Å²) >= 11 is 0. The topological polar surface area (TPSA) is 110 Å². The first kappa shape index (κ1) is 21.0. The lowest BCUT2D eigenvalue weighted by atomic mass is 10.1. The summed E-state index contributed by atoms with van der Waals surface area (Å²) in [4.78, 5) is 24.6. The molecule has 0 aliphatic carbocycles. The standard InChI is InChI=1S/C20H26N4O4S/c1-12(2)7-8-21-19(25)20(26)22-18-15-10-29(27,28)11-16(15)23-24(18)17-6-5-13(3)9-14(17)4/h5-6,9,12H,7-8,10-11H2,1-4H3,(H,21,25)(H,22,26). The molecule has 0 saturated carbocycles. The van der Waals surface area contributed by atoms with E-state index >= 15 is 0 Å². The number of sulfone groups is 1. The molecule has 0 saturated heterocycles. The van der Waals surface area contributed by atoms with Crippen LogP contribution in [0.5, 0.6) is 0 Å². The van der Waals surface area contributed by atoms with Crippen molar-refractivity contribution < 1.29 is 18.0 Å². The molecule has 1 aliphatic rings. The normalized spacial score (nSPS) is 14.7. The summed E-state index contributed by atoms with van der Waals surface area (Å²) in [5.41, 5.74) is 3.56. The molecule has 1 aromatic carbocycles. The zero-order valence-corrected chi connectivity index (χ0v) is 17.9. The van der Waals surface area contributed by atoms with Gasteiger partial charge in [-0.3, -0.25) is 9.59 Å². The second-order valence-corrected chi connectivity index (χ2v) is 9.96. The van der Waals surface area contributed by atoms with Gasteiger partial charge in [-0.2, -0.15) is 5.10 Å². The van der Waals surface area contributed by atoms with Gasteiger partial charge in [0.2, 0.25) is 0 Å². The van der Waals surface area contributed by atoms with E-state index in [0.29, 0.717) is 23.7 Å². The number of hydrogen-bond acceptors (Lipinski definition) is 5. The minimum absolute atomic E-state index is 0.177. The maximum atomic E-state index is 12.5. The van der Waals surface area contributed by atoms with Gasteiger partial charge in [-0.05, 0) is 37.8 Å². The lowest BCUT2D eigenvalue weighted by molar-refractivity contribution is -0.136. The molecule has 8 nitrogen and oxygen atoms in total. The van der Waals surface area contributed by atoms with Crippen LogP contribution in [-0.2, 0) is 30.9 Å². The lowest BCUT2D eigenvalue weighted by Gasteiger charge is -2.13. The molecule has 0 spiro atoms. The van der Waals surface area contributed by atoms with E-state index in [1.54, 1.807) is 0 Å². The fraction of sp³-hybridized carbons (Fsp3) is 0.450. The van der Waals surface area contributed by atoms with Crippen molar-refractivity contribution >= 4 is 27.5 Å². The molecule has 0 radical (unpaired) electrons. The first-order valence-electron chi connectivity index (χ1n) is 9.55. The number of anilines is 1. The van der Waals surface area contributed by atoms with Crippen LogP contribution in [0.25, 0.3) is 5.69 Å². The highest BCUT2D eigenvalue weighted by Gasteiger charge is 2.34. The summed E-state index contributed by atoms with van der Waals surface area (Å²) in [6.45, 7) is 8.33. The third-order valence-electron chi connectivity index (χ3n) is 4.81. The fourth-order valence-electron chi connectivity index (χ4n) is 3.31. The Morgan fingerprint density at radius 3 is 2.55 bits per heavy atom. The number of carbonyl (C=O) groups excluding carboxylic acids is 2. The quantitative estimate of drug-likeness (QED) is 0.722. The minimum atomic E-state index is -3.31. The van der Waals surface area contributed by atoms with E-state index in [9.17, 15) is 18.0 Å². The van der Waals surface area contributed by atoms with E-state index in [0.717, 1.165) is 23.2 Å². The van der Waals surface area contributed by atoms with Gasteiger partial charge >= 0.3 is 11.8 Å². The zero-order chi connectivity index (χ0) is 21.3. The molecule has 29 heavy (non-hydrogen) atoms. The second-order valence-electron chi connectivity index (χ2n) is 7.90. The molecule has 0 atom stereocenters. The van der Waals surface area contributed by atoms with E-state index in [-0.39, 0.29) is 17.3 Å². The molecule has 3 rings (SSSR count). The van der Waals surface area contributed by atoms with Crippen LogP contribution in [-0.4, -0.2) is 36.6 Å². The number of amides is 2. The number of aryl methyl sites for hydroxylation is 2. The van der Waals surface area contributed by atoms with Gasteiger partial charge in [0.05, 0.1) is 22.9 Å². The maximum Gasteiger partial charge on any atom is 0.314 e. The van der Waals surface area contributed by atoms with Crippen LogP contribution < -0.4 is 10.6 Å². The van der Waals surface area contributed by atoms with Crippen molar-refractivity contribution in [1.29, 1.82) is 0 Å². The monoisotopic (exact) mass is 418 g/mol. The van der Waals surface area contributed by atoms with Gasteiger partial charge in [0.1, 0.15) is 5.82 Å². The van der Waals surface area contributed by atoms with Crippen molar-refractivity contribution in [2.75, 3.05) is 11.9 Å². The van der Waals surface area contributed by atoms with Crippen molar-refractivity contribution in [3.05, 3.63) is 40.6 Å². The molecule has 0 fully saturated rings. The van der Waals surface area contributed by atoms with E-state index in [1.807, 2.05) is 45.9 Å². The van der Waals surface area contributed by atoms with Crippen LogP contribution in [0.4, 0.5) is 5.82 Å². The van der Waals surface area contributed by atoms with Crippen molar-refractivity contribution in [3.63, 3.8) is 0 Å². The average molecular weight is 419 g/mol. The summed E-state index contributed by atoms with van der Waals surface area (Å²) in [6.07, 6.45) is 0.757. The van der Waals surface area contributed by atoms with Gasteiger partial charge in [0.25, 0.3) is 0 Å². The fourth-order valence-corrected chi connectivity index (χ4v) is 4.80. The maximum absolute atomic E-state index is 12.5. The van der Waals surface area contributed by atoms with Crippen molar-refractivity contribution in [1.82, 2.24) is 15.1 Å². The number of nitrogens with one attached hydrogen (secondary N) is 2. The van der Waals surface area contributed by atoms with Crippen molar-refractivity contribution in [3.8, 4) is 5.69 Å². The Labute approximate surface area is 170 Å². The summed E-state index contributed by atoms with van der Waals surface area (Å²) in [5.74, 6) is -1.35. The largest absolute Gasteiger partial charge is 0.348 e. The number of benzene rings is 1. The van der Waals surface area contributed by atoms with Gasteiger partial charge in [0.15, 0.2) is 9.84 Å². The molecule has 156 valence electrons. The third-order valence-corrected chi connectivity index (χ3v) is 6.26. The predicted molar refractivity (Wildman–Crippen MR) is 110 cm³/mol. The van der Waals surface area contributed by atoms with Gasteiger partial charge in [-0.15, -0.1) is 0 Å². The minimum Gasteiger partial charge on any atom is -0.348 e. The summed E-state index contributed by atoms with van der Waals surface area (Å²) in [7, 11) is -3.31. The van der Waals surface area contributed by atoms with Gasteiger partial charge < -0.3 is 10.6 Å². The molecule has 0 bridgehead atoms. The Balaban J connectivity index is 1.92. The highest BCUT2D eigenvalue weighted by atomic mass is 32.2. The number of nitrogens with zero attached hydrogens (tertiary/aromatic N) is 2. The van der Waals surface area contributed by atoms with Crippen LogP contribution >= 0.6 is 0 Å². The molecular weight excluding hydrogens is 392 g/mol. The van der Waals surface area contributed by atoms with Crippen LogP contribution in [0.3, 0.4) is 0 Å². The predicted octanol–water partition coefficient (Wildman–Crippen LogP) is 2.02. The number of carbonyl (C=O) groups is 2. The highest BCUT2D eigenvalue weighted by molar-refractivity contribution is 7.90. The molecule has 2 heterocycles. The summed E-state index contributed by atoms with van der Waals surface area (Å²) in [6, 6.07) is 5.75. The molecular formula is C20H26N4O4S. The van der Waals surface area contributed by atoms with E-state index in [4.69, 9.17) is 0 Å². The van der Waals surface area contributed by atoms with Gasteiger partial charge in [-0.25, -0.2) is 13.1 Å². The Morgan fingerprint density at radius 1 is 1.17 bits per heavy atom. The lowest BCUT2D eigenvalue weighted by Crippen LogP contribution is -2.37. The Morgan fingerprint density at radius 2 is 1.90 bits per heavy atom. The third kappa shape index (κ3) is 4.67. The Kier molecular flexibility index (Phi) is 5.79. The van der Waals surface area contributed by atoms with Crippen LogP contribution in [0.2, 0.25) is 0 Å². The molecule has 0 unspecified atom stereocenters. The van der Waals surface area contributed by atoms with Gasteiger partial charge in [0, 0.05) is 12.1 Å². The number of fused-ring (bicyclic) bond motifs is 1. The van der Waals surface area contributed by atoms with Crippen LogP contribution in [0.15, 0.2) is 18.2 Å². The van der Waals surface area contributed by atoms with Crippen molar-refractivity contribution in [2.45, 2.75) is 45.6 Å². The van der Waals surface area contributed by atoms with Crippen LogP contribution in [0, 0.1) is 19.8 Å². The van der Waals surface area contributed by atoms with Gasteiger partial charge in [-0.1, -0.05) is 31.5 Å². The smallest absolute Gasteiger partial charge is 0.314 e. The summed E-state index contributed by atoms with van der Waals surface area (Å²) in [5, 5.41) is 9.62. The molecule has 2 aromatic rings. The molecule has 1 aliphatic heterocycles. The molecule has 2 amide bonds. The zero-order valence-electron chi connectivity index (χ0n) is 17.1. The van der Waals surface area contributed by atoms with Crippen molar-refractivity contribution in [2.24, 2.45) is 5.92 Å². The van der Waals surface area contributed by atoms with E-state index < -0.39 is 21.7 Å². The second kappa shape index (κ2) is 7.98. The number of hydrogen-bond donors (Lipinski definition) is 2. The van der Waals surface area contributed by atoms with E-state index in [2.05, 4.69) is 15.7 Å². The highest BCUT2D eigenvalue weighted by Crippen LogP contribution is 2.33.